The van der Waals surface area contributed by atoms with Crippen molar-refractivity contribution in [1.29, 1.82) is 0 Å². The quantitative estimate of drug-likeness (QED) is 0.304. The van der Waals surface area contributed by atoms with Gasteiger partial charge in [-0.25, -0.2) is 4.39 Å². The first kappa shape index (κ1) is 26.9. The minimum absolute atomic E-state index is 0.00498. The number of halogens is 2. The summed E-state index contributed by atoms with van der Waals surface area (Å²) >= 11 is 5.88. The second kappa shape index (κ2) is 11.2. The van der Waals surface area contributed by atoms with E-state index in [2.05, 4.69) is 5.32 Å². The largest absolute Gasteiger partial charge is 0.464 e. The summed E-state index contributed by atoms with van der Waals surface area (Å²) in [6.45, 7) is 4.42. The molecule has 3 N–H and O–H groups in total. The lowest BCUT2D eigenvalue weighted by Gasteiger charge is -2.29. The van der Waals surface area contributed by atoms with E-state index in [1.807, 2.05) is 56.3 Å². The Morgan fingerprint density at radius 1 is 1.10 bits per heavy atom. The van der Waals surface area contributed by atoms with Crippen molar-refractivity contribution in [2.75, 3.05) is 0 Å². The third-order valence-electron chi connectivity index (χ3n) is 7.71. The monoisotopic (exact) mass is 547 g/mol. The number of carbonyl (C=O) groups is 2. The molecule has 202 valence electrons. The van der Waals surface area contributed by atoms with Crippen LogP contribution in [-0.4, -0.2) is 28.8 Å². The zero-order valence-electron chi connectivity index (χ0n) is 21.9. The maximum absolute atomic E-state index is 14.3. The molecule has 1 aromatic heterocycles. The molecular formula is C31H31ClFN3O3. The average molecular weight is 548 g/mol. The van der Waals surface area contributed by atoms with Gasteiger partial charge in [-0.15, -0.1) is 0 Å². The predicted molar refractivity (Wildman–Crippen MR) is 150 cm³/mol. The van der Waals surface area contributed by atoms with Crippen LogP contribution in [0.2, 0.25) is 5.02 Å². The number of hydrogen-bond donors (Lipinski definition) is 2. The van der Waals surface area contributed by atoms with Crippen molar-refractivity contribution in [2.45, 2.75) is 51.9 Å². The Morgan fingerprint density at radius 3 is 2.69 bits per heavy atom. The van der Waals surface area contributed by atoms with Gasteiger partial charge in [0.15, 0.2) is 0 Å². The molecule has 3 atom stereocenters. The Bertz CT molecular complexity index is 1530. The van der Waals surface area contributed by atoms with Crippen LogP contribution in [0.15, 0.2) is 71.3 Å². The molecule has 0 bridgehead atoms. The Hall–Kier alpha value is -3.68. The molecule has 4 aromatic rings. The second-order valence-corrected chi connectivity index (χ2v) is 10.7. The van der Waals surface area contributed by atoms with E-state index in [0.29, 0.717) is 18.5 Å². The zero-order valence-corrected chi connectivity index (χ0v) is 22.7. The molecule has 39 heavy (non-hydrogen) atoms. The number of rotatable bonds is 7. The fourth-order valence-corrected chi connectivity index (χ4v) is 5.63. The Kier molecular flexibility index (Phi) is 7.73. The number of nitrogens with zero attached hydrogens (tertiary/aromatic N) is 1. The number of nitrogens with one attached hydrogen (secondary N) is 1. The molecule has 0 unspecified atom stereocenters. The summed E-state index contributed by atoms with van der Waals surface area (Å²) in [4.78, 5) is 28.6. The number of hydrogen-bond acceptors (Lipinski definition) is 4. The van der Waals surface area contributed by atoms with Gasteiger partial charge in [0.1, 0.15) is 17.4 Å². The highest BCUT2D eigenvalue weighted by atomic mass is 35.5. The van der Waals surface area contributed by atoms with Crippen LogP contribution >= 0.6 is 11.6 Å². The van der Waals surface area contributed by atoms with Gasteiger partial charge in [-0.3, -0.25) is 9.59 Å². The van der Waals surface area contributed by atoms with Crippen molar-refractivity contribution in [3.63, 3.8) is 0 Å². The van der Waals surface area contributed by atoms with E-state index in [1.54, 1.807) is 23.3 Å². The van der Waals surface area contributed by atoms with E-state index in [4.69, 9.17) is 21.8 Å². The number of amides is 2. The minimum atomic E-state index is -0.636. The third-order valence-corrected chi connectivity index (χ3v) is 8.00. The van der Waals surface area contributed by atoms with Crippen molar-refractivity contribution in [3.05, 3.63) is 94.5 Å². The van der Waals surface area contributed by atoms with Crippen molar-refractivity contribution < 1.29 is 18.4 Å². The van der Waals surface area contributed by atoms with Gasteiger partial charge >= 0.3 is 0 Å². The smallest absolute Gasteiger partial charge is 0.243 e. The summed E-state index contributed by atoms with van der Waals surface area (Å²) in [5, 5.41) is 3.71. The van der Waals surface area contributed by atoms with E-state index in [9.17, 15) is 14.0 Å². The van der Waals surface area contributed by atoms with Crippen molar-refractivity contribution in [1.82, 2.24) is 10.2 Å². The van der Waals surface area contributed by atoms with E-state index in [-0.39, 0.29) is 41.8 Å². The highest BCUT2D eigenvalue weighted by Crippen LogP contribution is 2.34. The minimum Gasteiger partial charge on any atom is -0.464 e. The van der Waals surface area contributed by atoms with Gasteiger partial charge in [0.05, 0.1) is 17.7 Å². The molecule has 0 saturated carbocycles. The number of likely N-dealkylation sites (tertiary alicyclic amines) is 1. The molecule has 6 nitrogen and oxygen atoms in total. The second-order valence-electron chi connectivity index (χ2n) is 10.3. The summed E-state index contributed by atoms with van der Waals surface area (Å²) < 4.78 is 20.1. The lowest BCUT2D eigenvalue weighted by atomic mass is 9.97. The van der Waals surface area contributed by atoms with Crippen LogP contribution in [0.1, 0.15) is 37.0 Å². The zero-order chi connectivity index (χ0) is 27.7. The highest BCUT2D eigenvalue weighted by molar-refractivity contribution is 6.30. The lowest BCUT2D eigenvalue weighted by molar-refractivity contribution is -0.139. The molecule has 1 fully saturated rings. The topological polar surface area (TPSA) is 88.6 Å². The highest BCUT2D eigenvalue weighted by Gasteiger charge is 2.42. The SMILES string of the molecule is C[C@@H]1C[C@@H](C(=O)NCc2cccc(Cl)c2F)N(C(=O)Cc2cc(-c3cccc(CN)c3)c3occc3c2)[C@@H]1C. The van der Waals surface area contributed by atoms with Gasteiger partial charge in [-0.1, -0.05) is 48.9 Å². The molecule has 2 amide bonds. The molecule has 1 aliphatic rings. The molecule has 1 aliphatic heterocycles. The van der Waals surface area contributed by atoms with Crippen LogP contribution in [0, 0.1) is 11.7 Å². The first-order valence-electron chi connectivity index (χ1n) is 13.1. The first-order valence-corrected chi connectivity index (χ1v) is 13.5. The molecule has 0 aliphatic carbocycles. The van der Waals surface area contributed by atoms with E-state index < -0.39 is 11.9 Å². The van der Waals surface area contributed by atoms with Crippen LogP contribution in [-0.2, 0) is 29.1 Å². The van der Waals surface area contributed by atoms with Crippen LogP contribution in [0.3, 0.4) is 0 Å². The summed E-state index contributed by atoms with van der Waals surface area (Å²) in [7, 11) is 0. The molecule has 8 heteroatoms. The van der Waals surface area contributed by atoms with Gasteiger partial charge in [0.25, 0.3) is 0 Å². The molecule has 5 rings (SSSR count). The third kappa shape index (κ3) is 5.42. The molecule has 1 saturated heterocycles. The van der Waals surface area contributed by atoms with Gasteiger partial charge in [-0.05, 0) is 66.3 Å². The molecule has 2 heterocycles. The van der Waals surface area contributed by atoms with Crippen molar-refractivity contribution in [2.24, 2.45) is 11.7 Å². The average Bonchev–Trinajstić information content (AvgIpc) is 3.53. The standard InChI is InChI=1S/C31H31ClFN3O3/c1-18-11-27(31(38)35-17-24-7-4-8-26(32)29(24)33)36(19(18)2)28(37)15-21-13-23-9-10-39-30(23)25(14-21)22-6-3-5-20(12-22)16-34/h3-10,12-14,18-19,27H,11,15-17,34H2,1-2H3,(H,35,38)/t18-,19-,27+/m1/s1. The Labute approximate surface area is 231 Å². The number of furan rings is 1. The predicted octanol–water partition coefficient (Wildman–Crippen LogP) is 5.84. The number of carbonyl (C=O) groups excluding carboxylic acids is 2. The number of benzene rings is 3. The summed E-state index contributed by atoms with van der Waals surface area (Å²) in [6.07, 6.45) is 2.31. The van der Waals surface area contributed by atoms with Gasteiger partial charge in [0, 0.05) is 35.6 Å². The maximum Gasteiger partial charge on any atom is 0.243 e. The molecule has 0 spiro atoms. The van der Waals surface area contributed by atoms with E-state index in [1.165, 1.54) is 6.07 Å². The fourth-order valence-electron chi connectivity index (χ4n) is 5.43. The maximum atomic E-state index is 14.3. The lowest BCUT2D eigenvalue weighted by Crippen LogP contribution is -2.48. The molecule has 3 aromatic carbocycles. The molecular weight excluding hydrogens is 517 g/mol. The Morgan fingerprint density at radius 2 is 1.90 bits per heavy atom. The van der Waals surface area contributed by atoms with Crippen molar-refractivity contribution in [3.8, 4) is 11.1 Å². The van der Waals surface area contributed by atoms with Crippen LogP contribution in [0.25, 0.3) is 22.1 Å². The number of nitrogens with two attached hydrogens (primary N) is 1. The van der Waals surface area contributed by atoms with Gasteiger partial charge < -0.3 is 20.4 Å². The first-order chi connectivity index (χ1) is 18.8. The number of fused-ring (bicyclic) bond motifs is 1. The van der Waals surface area contributed by atoms with Gasteiger partial charge in [-0.2, -0.15) is 0 Å². The van der Waals surface area contributed by atoms with Gasteiger partial charge in [0.2, 0.25) is 11.8 Å². The van der Waals surface area contributed by atoms with Crippen LogP contribution < -0.4 is 11.1 Å². The van der Waals surface area contributed by atoms with E-state index in [0.717, 1.165) is 33.2 Å². The van der Waals surface area contributed by atoms with Crippen LogP contribution in [0.5, 0.6) is 0 Å². The molecule has 0 radical (unpaired) electrons. The summed E-state index contributed by atoms with van der Waals surface area (Å²) in [6, 6.07) is 17.7. The Balaban J connectivity index is 1.38. The fraction of sp³-hybridized carbons (Fsp3) is 0.290. The normalized spacial score (nSPS) is 19.0. The van der Waals surface area contributed by atoms with Crippen molar-refractivity contribution >= 4 is 34.4 Å². The van der Waals surface area contributed by atoms with E-state index >= 15 is 0 Å². The summed E-state index contributed by atoms with van der Waals surface area (Å²) in [5.74, 6) is -0.851. The summed E-state index contributed by atoms with van der Waals surface area (Å²) in [5.41, 5.74) is 10.6. The van der Waals surface area contributed by atoms with Crippen LogP contribution in [0.4, 0.5) is 4.39 Å².